The van der Waals surface area contributed by atoms with E-state index in [1.165, 1.54) is 0 Å². The average molecular weight is 215 g/mol. The van der Waals surface area contributed by atoms with E-state index >= 15 is 0 Å². The van der Waals surface area contributed by atoms with Gasteiger partial charge in [0.15, 0.2) is 0 Å². The second kappa shape index (κ2) is 4.62. The van der Waals surface area contributed by atoms with E-state index < -0.39 is 0 Å². The van der Waals surface area contributed by atoms with Gasteiger partial charge in [0.25, 0.3) is 0 Å². The fourth-order valence-corrected chi connectivity index (χ4v) is 1.64. The minimum absolute atomic E-state index is 0.281. The Labute approximate surface area is 89.2 Å². The number of hydrogen-bond donors (Lipinski definition) is 1. The zero-order valence-corrected chi connectivity index (χ0v) is 9.43. The molecule has 0 atom stereocenters. The van der Waals surface area contributed by atoms with Gasteiger partial charge < -0.3 is 10.5 Å². The van der Waals surface area contributed by atoms with Crippen molar-refractivity contribution in [3.8, 4) is 5.88 Å². The highest BCUT2D eigenvalue weighted by Crippen LogP contribution is 2.27. The topological polar surface area (TPSA) is 48.1 Å². The fourth-order valence-electron chi connectivity index (χ4n) is 1.25. The molecule has 0 saturated carbocycles. The van der Waals surface area contributed by atoms with Gasteiger partial charge in [-0.1, -0.05) is 25.4 Å². The highest BCUT2D eigenvalue weighted by Gasteiger charge is 2.12. The van der Waals surface area contributed by atoms with Crippen molar-refractivity contribution in [2.24, 2.45) is 5.73 Å². The predicted molar refractivity (Wildman–Crippen MR) is 57.8 cm³/mol. The van der Waals surface area contributed by atoms with Crippen LogP contribution in [0.1, 0.15) is 31.0 Å². The number of methoxy groups -OCH3 is 1. The van der Waals surface area contributed by atoms with E-state index in [2.05, 4.69) is 4.98 Å². The van der Waals surface area contributed by atoms with Gasteiger partial charge in [0, 0.05) is 12.1 Å². The van der Waals surface area contributed by atoms with E-state index in [1.807, 2.05) is 19.9 Å². The SMILES string of the molecule is COc1nc(C(C)C)c(Cl)cc1CN. The summed E-state index contributed by atoms with van der Waals surface area (Å²) in [5, 5.41) is 0.654. The van der Waals surface area contributed by atoms with Crippen molar-refractivity contribution >= 4 is 11.6 Å². The van der Waals surface area contributed by atoms with Crippen LogP contribution < -0.4 is 10.5 Å². The van der Waals surface area contributed by atoms with E-state index in [0.717, 1.165) is 11.3 Å². The molecular weight excluding hydrogens is 200 g/mol. The quantitative estimate of drug-likeness (QED) is 0.840. The minimum Gasteiger partial charge on any atom is -0.481 e. The fraction of sp³-hybridized carbons (Fsp3) is 0.500. The number of halogens is 1. The molecule has 1 rings (SSSR count). The first-order chi connectivity index (χ1) is 6.60. The molecule has 14 heavy (non-hydrogen) atoms. The minimum atomic E-state index is 0.281. The van der Waals surface area contributed by atoms with Gasteiger partial charge in [0.1, 0.15) is 0 Å². The van der Waals surface area contributed by atoms with E-state index in [0.29, 0.717) is 17.4 Å². The van der Waals surface area contributed by atoms with Gasteiger partial charge in [-0.15, -0.1) is 0 Å². The second-order valence-electron chi connectivity index (χ2n) is 3.38. The summed E-state index contributed by atoms with van der Waals surface area (Å²) in [4.78, 5) is 4.33. The van der Waals surface area contributed by atoms with Crippen molar-refractivity contribution in [1.29, 1.82) is 0 Å². The van der Waals surface area contributed by atoms with Crippen molar-refractivity contribution in [3.63, 3.8) is 0 Å². The van der Waals surface area contributed by atoms with Crippen LogP contribution in [0.2, 0.25) is 5.02 Å². The maximum atomic E-state index is 6.06. The Morgan fingerprint density at radius 2 is 2.21 bits per heavy atom. The Kier molecular flexibility index (Phi) is 3.72. The van der Waals surface area contributed by atoms with Crippen LogP contribution in [0.25, 0.3) is 0 Å². The zero-order valence-electron chi connectivity index (χ0n) is 8.67. The molecule has 0 aliphatic carbocycles. The maximum Gasteiger partial charge on any atom is 0.217 e. The van der Waals surface area contributed by atoms with Crippen molar-refractivity contribution in [2.45, 2.75) is 26.3 Å². The summed E-state index contributed by atoms with van der Waals surface area (Å²) in [7, 11) is 1.58. The Bertz CT molecular complexity index is 326. The third kappa shape index (κ3) is 2.16. The maximum absolute atomic E-state index is 6.06. The third-order valence-corrected chi connectivity index (χ3v) is 2.31. The van der Waals surface area contributed by atoms with Crippen LogP contribution in [0.5, 0.6) is 5.88 Å². The first-order valence-electron chi connectivity index (χ1n) is 4.53. The number of aromatic nitrogens is 1. The van der Waals surface area contributed by atoms with Crippen LogP contribution in [0.4, 0.5) is 0 Å². The molecule has 1 aromatic rings. The highest BCUT2D eigenvalue weighted by atomic mass is 35.5. The highest BCUT2D eigenvalue weighted by molar-refractivity contribution is 6.31. The van der Waals surface area contributed by atoms with E-state index in [1.54, 1.807) is 7.11 Å². The van der Waals surface area contributed by atoms with Gasteiger partial charge in [0.05, 0.1) is 17.8 Å². The first-order valence-corrected chi connectivity index (χ1v) is 4.91. The van der Waals surface area contributed by atoms with Gasteiger partial charge >= 0.3 is 0 Å². The monoisotopic (exact) mass is 214 g/mol. The van der Waals surface area contributed by atoms with Crippen molar-refractivity contribution in [2.75, 3.05) is 7.11 Å². The van der Waals surface area contributed by atoms with Gasteiger partial charge in [-0.2, -0.15) is 0 Å². The summed E-state index contributed by atoms with van der Waals surface area (Å²) in [6.45, 7) is 4.46. The lowest BCUT2D eigenvalue weighted by Crippen LogP contribution is -2.05. The number of hydrogen-bond acceptors (Lipinski definition) is 3. The molecule has 0 bridgehead atoms. The standard InChI is InChI=1S/C10H15ClN2O/c1-6(2)9-8(11)4-7(5-12)10(13-9)14-3/h4,6H,5,12H2,1-3H3. The summed E-state index contributed by atoms with van der Waals surface area (Å²) in [5.74, 6) is 0.851. The third-order valence-electron chi connectivity index (χ3n) is 2.00. The average Bonchev–Trinajstić information content (AvgIpc) is 2.16. The second-order valence-corrected chi connectivity index (χ2v) is 3.79. The number of ether oxygens (including phenoxy) is 1. The molecule has 0 aliphatic rings. The number of pyridine rings is 1. The lowest BCUT2D eigenvalue weighted by Gasteiger charge is -2.12. The lowest BCUT2D eigenvalue weighted by atomic mass is 10.1. The molecule has 0 radical (unpaired) electrons. The van der Waals surface area contributed by atoms with E-state index in [9.17, 15) is 0 Å². The van der Waals surface area contributed by atoms with Gasteiger partial charge in [-0.25, -0.2) is 4.98 Å². The first kappa shape index (κ1) is 11.3. The molecule has 0 aromatic carbocycles. The molecular formula is C10H15ClN2O. The molecule has 1 heterocycles. The molecule has 0 saturated heterocycles. The van der Waals surface area contributed by atoms with Gasteiger partial charge in [0.2, 0.25) is 5.88 Å². The van der Waals surface area contributed by atoms with Gasteiger partial charge in [-0.05, 0) is 12.0 Å². The van der Waals surface area contributed by atoms with Crippen LogP contribution in [0.3, 0.4) is 0 Å². The molecule has 2 N–H and O–H groups in total. The molecule has 0 spiro atoms. The van der Waals surface area contributed by atoms with Crippen LogP contribution in [-0.2, 0) is 6.54 Å². The molecule has 1 aromatic heterocycles. The normalized spacial score (nSPS) is 10.7. The molecule has 3 nitrogen and oxygen atoms in total. The zero-order chi connectivity index (χ0) is 10.7. The van der Waals surface area contributed by atoms with E-state index in [4.69, 9.17) is 22.1 Å². The Balaban J connectivity index is 3.23. The number of rotatable bonds is 3. The molecule has 0 unspecified atom stereocenters. The summed E-state index contributed by atoms with van der Waals surface area (Å²) in [6.07, 6.45) is 0. The summed E-state index contributed by atoms with van der Waals surface area (Å²) < 4.78 is 5.13. The van der Waals surface area contributed by atoms with Crippen molar-refractivity contribution < 1.29 is 4.74 Å². The number of nitrogens with zero attached hydrogens (tertiary/aromatic N) is 1. The number of nitrogens with two attached hydrogens (primary N) is 1. The Morgan fingerprint density at radius 3 is 2.64 bits per heavy atom. The lowest BCUT2D eigenvalue weighted by molar-refractivity contribution is 0.390. The van der Waals surface area contributed by atoms with Crippen LogP contribution in [-0.4, -0.2) is 12.1 Å². The van der Waals surface area contributed by atoms with Crippen LogP contribution in [0, 0.1) is 0 Å². The van der Waals surface area contributed by atoms with Gasteiger partial charge in [-0.3, -0.25) is 0 Å². The van der Waals surface area contributed by atoms with Crippen LogP contribution >= 0.6 is 11.6 Å². The van der Waals surface area contributed by atoms with Crippen LogP contribution in [0.15, 0.2) is 6.07 Å². The predicted octanol–water partition coefficient (Wildman–Crippen LogP) is 2.33. The molecule has 4 heteroatoms. The Hall–Kier alpha value is -0.800. The van der Waals surface area contributed by atoms with Crippen molar-refractivity contribution in [1.82, 2.24) is 4.98 Å². The Morgan fingerprint density at radius 1 is 1.57 bits per heavy atom. The summed E-state index contributed by atoms with van der Waals surface area (Å²) in [5.41, 5.74) is 7.23. The smallest absolute Gasteiger partial charge is 0.217 e. The van der Waals surface area contributed by atoms with Crippen molar-refractivity contribution in [3.05, 3.63) is 22.3 Å². The molecule has 0 fully saturated rings. The molecule has 0 amide bonds. The summed E-state index contributed by atoms with van der Waals surface area (Å²) >= 11 is 6.06. The summed E-state index contributed by atoms with van der Waals surface area (Å²) in [6, 6.07) is 1.82. The van der Waals surface area contributed by atoms with E-state index in [-0.39, 0.29) is 5.92 Å². The largest absolute Gasteiger partial charge is 0.481 e. The molecule has 78 valence electrons. The molecule has 0 aliphatic heterocycles.